The molecule has 366 valence electrons. The summed E-state index contributed by atoms with van der Waals surface area (Å²) in [5.41, 5.74) is 26.3. The highest BCUT2D eigenvalue weighted by molar-refractivity contribution is 7.33. The van der Waals surface area contributed by atoms with E-state index in [9.17, 15) is 0 Å². The molecule has 0 bridgehead atoms. The van der Waals surface area contributed by atoms with Crippen LogP contribution < -0.4 is 46.2 Å². The van der Waals surface area contributed by atoms with E-state index >= 15 is 0 Å². The van der Waals surface area contributed by atoms with Crippen LogP contribution in [0.25, 0.3) is 15.6 Å². The number of benzene rings is 9. The number of hydrogen-bond donors (Lipinski definition) is 0. The molecule has 0 fully saturated rings. The molecule has 0 spiro atoms. The lowest BCUT2D eigenvalue weighted by Gasteiger charge is -2.48. The summed E-state index contributed by atoms with van der Waals surface area (Å²) in [5, 5.41) is 1.29. The summed E-state index contributed by atoms with van der Waals surface area (Å²) >= 11 is 1.97. The van der Waals surface area contributed by atoms with Gasteiger partial charge in [-0.05, 0) is 151 Å². The first-order chi connectivity index (χ1) is 36.8. The fraction of sp³-hybridized carbons (Fsp3) is 0.159. The van der Waals surface area contributed by atoms with Crippen LogP contribution in [-0.4, -0.2) is 13.4 Å². The van der Waals surface area contributed by atoms with Crippen molar-refractivity contribution in [2.75, 3.05) is 19.6 Å². The van der Waals surface area contributed by atoms with E-state index < -0.39 is 0 Å². The molecular weight excluding hydrogens is 938 g/mol. The lowest BCUT2D eigenvalue weighted by atomic mass is 9.31. The second kappa shape index (κ2) is 16.0. The molecule has 0 radical (unpaired) electrons. The second-order valence-corrected chi connectivity index (χ2v) is 25.2. The zero-order valence-electron chi connectivity index (χ0n) is 44.5. The number of rotatable bonds is 4. The van der Waals surface area contributed by atoms with Gasteiger partial charge in [-0.3, -0.25) is 0 Å². The highest BCUT2D eigenvalue weighted by Crippen LogP contribution is 2.57. The van der Waals surface area contributed by atoms with E-state index in [0.29, 0.717) is 0 Å². The van der Waals surface area contributed by atoms with Crippen LogP contribution in [0.2, 0.25) is 0 Å². The van der Waals surface area contributed by atoms with E-state index in [0.717, 1.165) is 11.4 Å². The zero-order valence-corrected chi connectivity index (χ0v) is 45.3. The van der Waals surface area contributed by atoms with Gasteiger partial charge >= 0.3 is 0 Å². The van der Waals surface area contributed by atoms with Gasteiger partial charge in [-0.2, -0.15) is 0 Å². The van der Waals surface area contributed by atoms with Gasteiger partial charge in [0.05, 0.1) is 5.69 Å². The van der Waals surface area contributed by atoms with Crippen molar-refractivity contribution in [3.05, 3.63) is 234 Å². The van der Waals surface area contributed by atoms with Gasteiger partial charge in [-0.25, -0.2) is 0 Å². The number of hydrogen-bond acceptors (Lipinski definition) is 5. The summed E-state index contributed by atoms with van der Waals surface area (Å²) in [6, 6.07) is 78.5. The number of fused-ring (bicyclic) bond motifs is 11. The fourth-order valence-electron chi connectivity index (χ4n) is 13.7. The molecule has 1 aliphatic carbocycles. The summed E-state index contributed by atoms with van der Waals surface area (Å²) in [5.74, 6) is 0. The largest absolute Gasteiger partial charge is 0.314 e. The summed E-state index contributed by atoms with van der Waals surface area (Å²) in [7, 11) is 0. The molecule has 15 rings (SSSR count). The number of thiophene rings is 1. The SMILES string of the molecule is CC(C)(C)c1cc2c3c(c1)N(c1ccccc1)c1cc4c(cc1B3C1=C(N2c2ccccc2)C(C)(C)c2ccccc21)N(c1ccccc1)c1cc(C(C)(C)C)cc2c1B4c1sc3ccccc3c1N2c1ccccc1. The Labute approximate surface area is 452 Å². The number of para-hydroxylation sites is 4. The number of nitrogens with zero attached hydrogens (tertiary/aromatic N) is 4. The highest BCUT2D eigenvalue weighted by atomic mass is 32.1. The molecule has 5 aliphatic rings. The summed E-state index contributed by atoms with van der Waals surface area (Å²) in [6.45, 7) is 19.0. The van der Waals surface area contributed by atoms with Crippen molar-refractivity contribution in [1.29, 1.82) is 0 Å². The molecule has 5 heterocycles. The molecule has 10 aromatic rings. The third-order valence-electron chi connectivity index (χ3n) is 17.2. The van der Waals surface area contributed by atoms with Crippen LogP contribution in [0.4, 0.5) is 62.6 Å². The first-order valence-corrected chi connectivity index (χ1v) is 27.9. The van der Waals surface area contributed by atoms with Gasteiger partial charge in [0.2, 0.25) is 0 Å². The van der Waals surface area contributed by atoms with E-state index in [1.165, 1.54) is 121 Å². The number of allylic oxidation sites excluding steroid dienone is 1. The maximum absolute atomic E-state index is 2.66. The molecule has 0 saturated heterocycles. The molecule has 0 amide bonds. The molecule has 76 heavy (non-hydrogen) atoms. The monoisotopic (exact) mass is 996 g/mol. The van der Waals surface area contributed by atoms with Crippen molar-refractivity contribution in [2.45, 2.75) is 71.6 Å². The van der Waals surface area contributed by atoms with Crippen molar-refractivity contribution >= 4 is 130 Å². The van der Waals surface area contributed by atoms with Crippen molar-refractivity contribution < 1.29 is 0 Å². The van der Waals surface area contributed by atoms with Crippen molar-refractivity contribution in [3.63, 3.8) is 0 Å². The van der Waals surface area contributed by atoms with Crippen LogP contribution in [0.1, 0.15) is 77.6 Å². The van der Waals surface area contributed by atoms with Gasteiger partial charge in [0, 0.05) is 82.8 Å². The van der Waals surface area contributed by atoms with Gasteiger partial charge in [-0.15, -0.1) is 11.3 Å². The maximum Gasteiger partial charge on any atom is 0.264 e. The average Bonchev–Trinajstić information content (AvgIpc) is 4.05. The Morgan fingerprint density at radius 3 is 1.34 bits per heavy atom. The molecule has 0 N–H and O–H groups in total. The molecule has 0 unspecified atom stereocenters. The molecule has 0 saturated carbocycles. The van der Waals surface area contributed by atoms with E-state index in [4.69, 9.17) is 0 Å². The molecular formula is C69H58B2N4S. The Morgan fingerprint density at radius 1 is 0.408 bits per heavy atom. The summed E-state index contributed by atoms with van der Waals surface area (Å²) in [4.78, 5) is 10.5. The molecule has 7 heteroatoms. The lowest BCUT2D eigenvalue weighted by molar-refractivity contribution is 0.589. The Kier molecular flexibility index (Phi) is 9.57. The molecule has 0 atom stereocenters. The lowest BCUT2D eigenvalue weighted by Crippen LogP contribution is -2.62. The van der Waals surface area contributed by atoms with Crippen LogP contribution in [0.3, 0.4) is 0 Å². The number of anilines is 11. The Morgan fingerprint density at radius 2 is 0.816 bits per heavy atom. The Balaban J connectivity index is 1.12. The third kappa shape index (κ3) is 6.33. The van der Waals surface area contributed by atoms with Crippen molar-refractivity contribution in [2.24, 2.45) is 0 Å². The van der Waals surface area contributed by atoms with Crippen LogP contribution in [0.5, 0.6) is 0 Å². The van der Waals surface area contributed by atoms with Gasteiger partial charge in [0.15, 0.2) is 0 Å². The predicted octanol–water partition coefficient (Wildman–Crippen LogP) is 15.4. The topological polar surface area (TPSA) is 13.0 Å². The first kappa shape index (κ1) is 45.4. The minimum absolute atomic E-state index is 0.0528. The zero-order chi connectivity index (χ0) is 51.6. The fourth-order valence-corrected chi connectivity index (χ4v) is 15.0. The maximum atomic E-state index is 2.66. The average molecular weight is 997 g/mol. The predicted molar refractivity (Wildman–Crippen MR) is 328 cm³/mol. The van der Waals surface area contributed by atoms with Crippen LogP contribution in [-0.2, 0) is 16.2 Å². The molecule has 9 aromatic carbocycles. The van der Waals surface area contributed by atoms with Crippen LogP contribution in [0, 0.1) is 0 Å². The van der Waals surface area contributed by atoms with Gasteiger partial charge in [0.25, 0.3) is 13.4 Å². The van der Waals surface area contributed by atoms with Crippen molar-refractivity contribution in [3.8, 4) is 0 Å². The summed E-state index contributed by atoms with van der Waals surface area (Å²) < 4.78 is 2.68. The highest BCUT2D eigenvalue weighted by Gasteiger charge is 2.54. The van der Waals surface area contributed by atoms with Crippen molar-refractivity contribution in [1.82, 2.24) is 0 Å². The Hall–Kier alpha value is -7.99. The van der Waals surface area contributed by atoms with Crippen LogP contribution >= 0.6 is 11.3 Å². The van der Waals surface area contributed by atoms with Crippen LogP contribution in [0.15, 0.2) is 212 Å². The van der Waals surface area contributed by atoms with Gasteiger partial charge < -0.3 is 19.6 Å². The standard InChI is InChI=1S/C69H58B2N4S/c1-67(2,3)43-38-57-63-58(39-43)74(47-29-17-11-18-30-47)64-50-34-22-24-36-60(50)76-66(64)71(63)53-42-54-52(41-55(53)73(57)46-27-15-10-16-28-46)70-61-49-33-21-23-35-51(49)69(7,8)65(61)75(48-31-19-12-20-32-48)59-40-44(68(4,5)6)37-56(62(59)70)72(54)45-25-13-9-14-26-45/h9-42H,1-8H3. The van der Waals surface area contributed by atoms with E-state index in [-0.39, 0.29) is 29.7 Å². The van der Waals surface area contributed by atoms with E-state index in [2.05, 4.69) is 281 Å². The molecule has 4 aliphatic heterocycles. The van der Waals surface area contributed by atoms with Gasteiger partial charge in [0.1, 0.15) is 0 Å². The van der Waals surface area contributed by atoms with Gasteiger partial charge in [-0.1, -0.05) is 171 Å². The molecule has 4 nitrogen and oxygen atoms in total. The Bertz CT molecular complexity index is 4080. The minimum Gasteiger partial charge on any atom is -0.314 e. The smallest absolute Gasteiger partial charge is 0.264 e. The summed E-state index contributed by atoms with van der Waals surface area (Å²) in [6.07, 6.45) is 0. The van der Waals surface area contributed by atoms with E-state index in [1.54, 1.807) is 0 Å². The first-order valence-electron chi connectivity index (χ1n) is 27.1. The quantitative estimate of drug-likeness (QED) is 0.163. The normalized spacial score (nSPS) is 15.5. The second-order valence-electron chi connectivity index (χ2n) is 24.1. The van der Waals surface area contributed by atoms with E-state index in [1.807, 2.05) is 11.3 Å². The third-order valence-corrected chi connectivity index (χ3v) is 18.4. The minimum atomic E-state index is -0.304. The molecule has 1 aromatic heterocycles.